The van der Waals surface area contributed by atoms with Crippen molar-refractivity contribution in [1.82, 2.24) is 9.21 Å². The fourth-order valence-electron chi connectivity index (χ4n) is 2.85. The largest absolute Gasteiger partial charge is 0.481 e. The minimum Gasteiger partial charge on any atom is -0.481 e. The van der Waals surface area contributed by atoms with Crippen molar-refractivity contribution in [2.75, 3.05) is 26.2 Å². The number of halogens is 1. The van der Waals surface area contributed by atoms with Crippen molar-refractivity contribution in [3.8, 4) is 5.75 Å². The molecular weight excluding hydrogens is 452 g/mol. The first-order valence-corrected chi connectivity index (χ1v) is 11.6. The standard InChI is InChI=1S/C18H21BrN2O4S2/c1-13-3-8-17(26-13)27(23,24)21-11-9-20(10-12-21)18(22)14(2)25-16-6-4-15(19)5-7-16/h3-8,14H,9-12H2,1-2H3. The number of thiophene rings is 1. The minimum absolute atomic E-state index is 0.137. The molecule has 0 saturated carbocycles. The second-order valence-corrected chi connectivity index (χ2v) is 10.7. The smallest absolute Gasteiger partial charge is 0.263 e. The van der Waals surface area contributed by atoms with Crippen molar-refractivity contribution in [3.05, 3.63) is 45.7 Å². The molecule has 0 radical (unpaired) electrons. The first kappa shape index (κ1) is 20.3. The normalized spacial score (nSPS) is 16.9. The molecule has 1 aliphatic rings. The molecule has 2 heterocycles. The van der Waals surface area contributed by atoms with E-state index in [-0.39, 0.29) is 19.0 Å². The third kappa shape index (κ3) is 4.71. The van der Waals surface area contributed by atoms with E-state index in [0.717, 1.165) is 9.35 Å². The minimum atomic E-state index is -3.49. The number of carbonyl (C=O) groups excluding carboxylic acids is 1. The second-order valence-electron chi connectivity index (χ2n) is 6.31. The Labute approximate surface area is 171 Å². The number of hydrogen-bond donors (Lipinski definition) is 0. The SMILES string of the molecule is Cc1ccc(S(=O)(=O)N2CCN(C(=O)C(C)Oc3ccc(Br)cc3)CC2)s1. The summed E-state index contributed by atoms with van der Waals surface area (Å²) in [7, 11) is -3.49. The van der Waals surface area contributed by atoms with Crippen molar-refractivity contribution in [2.45, 2.75) is 24.2 Å². The maximum Gasteiger partial charge on any atom is 0.263 e. The average molecular weight is 473 g/mol. The first-order valence-electron chi connectivity index (χ1n) is 8.55. The number of piperazine rings is 1. The Balaban J connectivity index is 1.58. The van der Waals surface area contributed by atoms with Crippen LogP contribution in [-0.2, 0) is 14.8 Å². The number of ether oxygens (including phenoxy) is 1. The molecule has 0 bridgehead atoms. The van der Waals surface area contributed by atoms with E-state index in [9.17, 15) is 13.2 Å². The van der Waals surface area contributed by atoms with Gasteiger partial charge in [0.2, 0.25) is 0 Å². The maximum absolute atomic E-state index is 12.7. The van der Waals surface area contributed by atoms with Crippen LogP contribution in [0, 0.1) is 6.92 Å². The lowest BCUT2D eigenvalue weighted by atomic mass is 10.3. The maximum atomic E-state index is 12.7. The van der Waals surface area contributed by atoms with Gasteiger partial charge < -0.3 is 9.64 Å². The highest BCUT2D eigenvalue weighted by atomic mass is 79.9. The van der Waals surface area contributed by atoms with E-state index in [2.05, 4.69) is 15.9 Å². The monoisotopic (exact) mass is 472 g/mol. The van der Waals surface area contributed by atoms with Gasteiger partial charge in [-0.1, -0.05) is 15.9 Å². The molecule has 0 N–H and O–H groups in total. The van der Waals surface area contributed by atoms with Crippen LogP contribution in [0.3, 0.4) is 0 Å². The molecule has 0 aliphatic carbocycles. The van der Waals surface area contributed by atoms with Gasteiger partial charge in [-0.3, -0.25) is 4.79 Å². The number of benzene rings is 1. The Kier molecular flexibility index (Phi) is 6.25. The molecule has 1 saturated heterocycles. The van der Waals surface area contributed by atoms with Crippen LogP contribution in [0.15, 0.2) is 45.1 Å². The van der Waals surface area contributed by atoms with Gasteiger partial charge in [-0.2, -0.15) is 4.31 Å². The van der Waals surface area contributed by atoms with Crippen LogP contribution in [0.5, 0.6) is 5.75 Å². The zero-order valence-electron chi connectivity index (χ0n) is 15.1. The summed E-state index contributed by atoms with van der Waals surface area (Å²) in [6, 6.07) is 10.7. The van der Waals surface area contributed by atoms with E-state index in [1.165, 1.54) is 15.6 Å². The molecule has 1 unspecified atom stereocenters. The van der Waals surface area contributed by atoms with Gasteiger partial charge in [0.05, 0.1) is 0 Å². The summed E-state index contributed by atoms with van der Waals surface area (Å²) >= 11 is 4.63. The van der Waals surface area contributed by atoms with Crippen LogP contribution in [0.4, 0.5) is 0 Å². The average Bonchev–Trinajstić information content (AvgIpc) is 3.10. The number of aryl methyl sites for hydroxylation is 1. The molecule has 0 spiro atoms. The summed E-state index contributed by atoms with van der Waals surface area (Å²) in [5, 5.41) is 0. The molecule has 146 valence electrons. The van der Waals surface area contributed by atoms with Crippen molar-refractivity contribution in [2.24, 2.45) is 0 Å². The third-order valence-electron chi connectivity index (χ3n) is 4.33. The molecule has 3 rings (SSSR count). The fraction of sp³-hybridized carbons (Fsp3) is 0.389. The van der Waals surface area contributed by atoms with Crippen molar-refractivity contribution >= 4 is 43.2 Å². The van der Waals surface area contributed by atoms with Crippen molar-refractivity contribution in [3.63, 3.8) is 0 Å². The van der Waals surface area contributed by atoms with Gasteiger partial charge in [0.1, 0.15) is 9.96 Å². The van der Waals surface area contributed by atoms with Crippen LogP contribution < -0.4 is 4.74 Å². The molecule has 1 aromatic carbocycles. The van der Waals surface area contributed by atoms with Gasteiger partial charge in [0.15, 0.2) is 6.10 Å². The molecule has 2 aromatic rings. The van der Waals surface area contributed by atoms with Gasteiger partial charge in [-0.25, -0.2) is 8.42 Å². The Morgan fingerprint density at radius 1 is 1.11 bits per heavy atom. The quantitative estimate of drug-likeness (QED) is 0.670. The van der Waals surface area contributed by atoms with E-state index in [1.54, 1.807) is 36.1 Å². The molecule has 9 heteroatoms. The highest BCUT2D eigenvalue weighted by Gasteiger charge is 2.32. The fourth-order valence-corrected chi connectivity index (χ4v) is 5.98. The van der Waals surface area contributed by atoms with Gasteiger partial charge >= 0.3 is 0 Å². The number of sulfonamides is 1. The lowest BCUT2D eigenvalue weighted by molar-refractivity contribution is -0.139. The van der Waals surface area contributed by atoms with Crippen LogP contribution in [0.25, 0.3) is 0 Å². The first-order chi connectivity index (χ1) is 12.8. The van der Waals surface area contributed by atoms with E-state index in [0.29, 0.717) is 23.0 Å². The molecule has 1 amide bonds. The molecule has 6 nitrogen and oxygen atoms in total. The number of amides is 1. The van der Waals surface area contributed by atoms with Gasteiger partial charge in [-0.05, 0) is 50.2 Å². The predicted molar refractivity (Wildman–Crippen MR) is 109 cm³/mol. The molecule has 1 fully saturated rings. The Morgan fingerprint density at radius 3 is 2.30 bits per heavy atom. The summed E-state index contributed by atoms with van der Waals surface area (Å²) < 4.78 is 33.8. The van der Waals surface area contributed by atoms with Crippen LogP contribution in [0.1, 0.15) is 11.8 Å². The van der Waals surface area contributed by atoms with E-state index < -0.39 is 16.1 Å². The molecule has 1 atom stereocenters. The number of carbonyl (C=O) groups is 1. The summed E-state index contributed by atoms with van der Waals surface area (Å²) in [5.74, 6) is 0.482. The van der Waals surface area contributed by atoms with E-state index in [4.69, 9.17) is 4.74 Å². The van der Waals surface area contributed by atoms with Gasteiger partial charge in [-0.15, -0.1) is 11.3 Å². The number of rotatable bonds is 5. The number of nitrogens with zero attached hydrogens (tertiary/aromatic N) is 2. The lowest BCUT2D eigenvalue weighted by Gasteiger charge is -2.34. The Bertz CT molecular complexity index is 904. The van der Waals surface area contributed by atoms with Crippen LogP contribution in [-0.4, -0.2) is 55.8 Å². The topological polar surface area (TPSA) is 66.9 Å². The molecule has 1 aromatic heterocycles. The predicted octanol–water partition coefficient (Wildman–Crippen LogP) is 3.12. The molecule has 27 heavy (non-hydrogen) atoms. The summed E-state index contributed by atoms with van der Waals surface area (Å²) in [5.41, 5.74) is 0. The highest BCUT2D eigenvalue weighted by Crippen LogP contribution is 2.25. The van der Waals surface area contributed by atoms with E-state index in [1.807, 2.05) is 19.1 Å². The second kappa shape index (κ2) is 8.30. The summed E-state index contributed by atoms with van der Waals surface area (Å²) in [6.45, 7) is 4.88. The Hall–Kier alpha value is -1.42. The van der Waals surface area contributed by atoms with Gasteiger partial charge in [0.25, 0.3) is 15.9 Å². The summed E-state index contributed by atoms with van der Waals surface area (Å²) in [4.78, 5) is 15.2. The molecular formula is C18H21BrN2O4S2. The van der Waals surface area contributed by atoms with Crippen molar-refractivity contribution < 1.29 is 17.9 Å². The third-order valence-corrected chi connectivity index (χ3v) is 8.23. The zero-order chi connectivity index (χ0) is 19.6. The molecule has 1 aliphatic heterocycles. The van der Waals surface area contributed by atoms with Crippen LogP contribution >= 0.6 is 27.3 Å². The highest BCUT2D eigenvalue weighted by molar-refractivity contribution is 9.10. The van der Waals surface area contributed by atoms with E-state index >= 15 is 0 Å². The van der Waals surface area contributed by atoms with Crippen LogP contribution in [0.2, 0.25) is 0 Å². The summed E-state index contributed by atoms with van der Waals surface area (Å²) in [6.07, 6.45) is -0.630. The van der Waals surface area contributed by atoms with Crippen molar-refractivity contribution in [1.29, 1.82) is 0 Å². The zero-order valence-corrected chi connectivity index (χ0v) is 18.3. The Morgan fingerprint density at radius 2 is 1.74 bits per heavy atom. The van der Waals surface area contributed by atoms with Gasteiger partial charge in [0, 0.05) is 35.5 Å². The number of hydrogen-bond acceptors (Lipinski definition) is 5. The lowest BCUT2D eigenvalue weighted by Crippen LogP contribution is -2.53.